The lowest BCUT2D eigenvalue weighted by atomic mass is 10.1. The summed E-state index contributed by atoms with van der Waals surface area (Å²) in [6.45, 7) is 1.93. The van der Waals surface area contributed by atoms with Crippen LogP contribution in [0.3, 0.4) is 0 Å². The lowest BCUT2D eigenvalue weighted by molar-refractivity contribution is 0.0679. The number of benzene rings is 3. The van der Waals surface area contributed by atoms with Gasteiger partial charge in [-0.05, 0) is 66.9 Å². The van der Waals surface area contributed by atoms with Crippen LogP contribution in [0.4, 0.5) is 5.69 Å². The predicted octanol–water partition coefficient (Wildman–Crippen LogP) is 4.80. The molecule has 1 saturated heterocycles. The van der Waals surface area contributed by atoms with Crippen LogP contribution < -0.4 is 24.3 Å². The molecule has 1 N–H and O–H groups in total. The molecule has 170 valence electrons. The van der Waals surface area contributed by atoms with Gasteiger partial charge < -0.3 is 29.0 Å². The van der Waals surface area contributed by atoms with Crippen LogP contribution in [0.2, 0.25) is 0 Å². The second kappa shape index (κ2) is 9.83. The fraction of sp³-hybridized carbons (Fsp3) is 0.269. The molecular weight excluding hydrogens is 422 g/mol. The van der Waals surface area contributed by atoms with Crippen molar-refractivity contribution in [2.45, 2.75) is 25.6 Å². The molecule has 7 heteroatoms. The van der Waals surface area contributed by atoms with Crippen LogP contribution in [0.15, 0.2) is 66.7 Å². The standard InChI is InChI=1S/C26H25NO6/c28-26(19-6-8-21(9-7-19)31-16-23-5-2-12-29-23)27-20-4-1-3-18(13-20)15-30-22-10-11-24-25(14-22)33-17-32-24/h1,3-4,6-11,13-14,23H,2,5,12,15-17H2,(H,27,28). The summed E-state index contributed by atoms with van der Waals surface area (Å²) >= 11 is 0. The minimum Gasteiger partial charge on any atom is -0.491 e. The molecular formula is C26H25NO6. The quantitative estimate of drug-likeness (QED) is 0.534. The van der Waals surface area contributed by atoms with Crippen molar-refractivity contribution in [2.75, 3.05) is 25.3 Å². The predicted molar refractivity (Wildman–Crippen MR) is 122 cm³/mol. The highest BCUT2D eigenvalue weighted by Gasteiger charge is 2.16. The van der Waals surface area contributed by atoms with E-state index >= 15 is 0 Å². The van der Waals surface area contributed by atoms with Crippen molar-refractivity contribution >= 4 is 11.6 Å². The molecule has 0 spiro atoms. The van der Waals surface area contributed by atoms with Crippen LogP contribution in [0.1, 0.15) is 28.8 Å². The number of hydrogen-bond acceptors (Lipinski definition) is 6. The molecule has 3 aromatic rings. The van der Waals surface area contributed by atoms with Crippen molar-refractivity contribution < 1.29 is 28.5 Å². The topological polar surface area (TPSA) is 75.3 Å². The molecule has 1 unspecified atom stereocenters. The smallest absolute Gasteiger partial charge is 0.255 e. The molecule has 0 aliphatic carbocycles. The van der Waals surface area contributed by atoms with Crippen molar-refractivity contribution in [3.8, 4) is 23.0 Å². The number of anilines is 1. The van der Waals surface area contributed by atoms with E-state index in [4.69, 9.17) is 23.7 Å². The SMILES string of the molecule is O=C(Nc1cccc(COc2ccc3c(c2)OCO3)c1)c1ccc(OCC2CCCO2)cc1. The summed E-state index contributed by atoms with van der Waals surface area (Å²) in [7, 11) is 0. The Balaban J connectivity index is 1.14. The lowest BCUT2D eigenvalue weighted by Crippen LogP contribution is -2.16. The van der Waals surface area contributed by atoms with Crippen LogP contribution in [0.25, 0.3) is 0 Å². The van der Waals surface area contributed by atoms with Gasteiger partial charge in [0.25, 0.3) is 5.91 Å². The highest BCUT2D eigenvalue weighted by atomic mass is 16.7. The van der Waals surface area contributed by atoms with E-state index < -0.39 is 0 Å². The molecule has 0 bridgehead atoms. The Morgan fingerprint density at radius 1 is 0.939 bits per heavy atom. The minimum absolute atomic E-state index is 0.161. The highest BCUT2D eigenvalue weighted by Crippen LogP contribution is 2.35. The zero-order valence-corrected chi connectivity index (χ0v) is 18.1. The van der Waals surface area contributed by atoms with Crippen molar-refractivity contribution in [1.82, 2.24) is 0 Å². The van der Waals surface area contributed by atoms with Crippen LogP contribution in [0.5, 0.6) is 23.0 Å². The van der Waals surface area contributed by atoms with Gasteiger partial charge >= 0.3 is 0 Å². The number of ether oxygens (including phenoxy) is 5. The van der Waals surface area contributed by atoms with E-state index in [9.17, 15) is 4.79 Å². The van der Waals surface area contributed by atoms with Gasteiger partial charge in [-0.1, -0.05) is 12.1 Å². The maximum absolute atomic E-state index is 12.7. The van der Waals surface area contributed by atoms with E-state index in [0.29, 0.717) is 36.0 Å². The van der Waals surface area contributed by atoms with Gasteiger partial charge in [0, 0.05) is 23.9 Å². The molecule has 5 rings (SSSR count). The first-order valence-electron chi connectivity index (χ1n) is 11.0. The van der Waals surface area contributed by atoms with E-state index in [-0.39, 0.29) is 18.8 Å². The average molecular weight is 447 g/mol. The van der Waals surface area contributed by atoms with E-state index in [2.05, 4.69) is 5.32 Å². The van der Waals surface area contributed by atoms with E-state index in [1.54, 1.807) is 24.3 Å². The average Bonchev–Trinajstić information content (AvgIpc) is 3.54. The van der Waals surface area contributed by atoms with Gasteiger partial charge in [-0.2, -0.15) is 0 Å². The largest absolute Gasteiger partial charge is 0.491 e. The summed E-state index contributed by atoms with van der Waals surface area (Å²) in [6.07, 6.45) is 2.27. The molecule has 0 saturated carbocycles. The van der Waals surface area contributed by atoms with Crippen LogP contribution in [-0.4, -0.2) is 32.0 Å². The third kappa shape index (κ3) is 5.38. The first-order chi connectivity index (χ1) is 16.2. The van der Waals surface area contributed by atoms with Gasteiger partial charge in [0.1, 0.15) is 24.7 Å². The summed E-state index contributed by atoms with van der Waals surface area (Å²) in [5, 5.41) is 2.94. The summed E-state index contributed by atoms with van der Waals surface area (Å²) in [5.74, 6) is 2.63. The maximum atomic E-state index is 12.7. The zero-order valence-electron chi connectivity index (χ0n) is 18.1. The number of carbonyl (C=O) groups excluding carboxylic acids is 1. The van der Waals surface area contributed by atoms with Crippen LogP contribution in [-0.2, 0) is 11.3 Å². The molecule has 2 aliphatic rings. The van der Waals surface area contributed by atoms with E-state index in [1.165, 1.54) is 0 Å². The molecule has 3 aromatic carbocycles. The Hall–Kier alpha value is -3.71. The normalized spacial score (nSPS) is 16.4. The van der Waals surface area contributed by atoms with Gasteiger partial charge in [0.15, 0.2) is 11.5 Å². The van der Waals surface area contributed by atoms with E-state index in [1.807, 2.05) is 42.5 Å². The molecule has 1 amide bonds. The Morgan fingerprint density at radius 3 is 2.64 bits per heavy atom. The Morgan fingerprint density at radius 2 is 1.79 bits per heavy atom. The number of hydrogen-bond donors (Lipinski definition) is 1. The number of rotatable bonds is 8. The Kier molecular flexibility index (Phi) is 6.30. The number of carbonyl (C=O) groups is 1. The monoisotopic (exact) mass is 447 g/mol. The van der Waals surface area contributed by atoms with Gasteiger partial charge in [-0.25, -0.2) is 0 Å². The number of nitrogens with one attached hydrogen (secondary N) is 1. The summed E-state index contributed by atoms with van der Waals surface area (Å²) in [4.78, 5) is 12.7. The van der Waals surface area contributed by atoms with Gasteiger partial charge in [0.05, 0.1) is 6.10 Å². The van der Waals surface area contributed by atoms with Gasteiger partial charge in [0.2, 0.25) is 6.79 Å². The first kappa shape index (κ1) is 21.2. The molecule has 0 radical (unpaired) electrons. The molecule has 1 atom stereocenters. The first-order valence-corrected chi connectivity index (χ1v) is 11.0. The fourth-order valence-electron chi connectivity index (χ4n) is 3.74. The fourth-order valence-corrected chi connectivity index (χ4v) is 3.74. The Bertz CT molecular complexity index is 1110. The van der Waals surface area contributed by atoms with E-state index in [0.717, 1.165) is 36.5 Å². The zero-order chi connectivity index (χ0) is 22.5. The molecule has 33 heavy (non-hydrogen) atoms. The highest BCUT2D eigenvalue weighted by molar-refractivity contribution is 6.04. The van der Waals surface area contributed by atoms with Crippen molar-refractivity contribution in [1.29, 1.82) is 0 Å². The van der Waals surface area contributed by atoms with Gasteiger partial charge in [-0.15, -0.1) is 0 Å². The van der Waals surface area contributed by atoms with Crippen LogP contribution >= 0.6 is 0 Å². The minimum atomic E-state index is -0.186. The molecule has 2 heterocycles. The lowest BCUT2D eigenvalue weighted by Gasteiger charge is -2.12. The second-order valence-corrected chi connectivity index (χ2v) is 7.93. The van der Waals surface area contributed by atoms with Gasteiger partial charge in [-0.3, -0.25) is 4.79 Å². The van der Waals surface area contributed by atoms with Crippen molar-refractivity contribution in [2.24, 2.45) is 0 Å². The number of amides is 1. The van der Waals surface area contributed by atoms with Crippen LogP contribution in [0, 0.1) is 0 Å². The third-order valence-electron chi connectivity index (χ3n) is 5.51. The maximum Gasteiger partial charge on any atom is 0.255 e. The molecule has 1 fully saturated rings. The molecule has 2 aliphatic heterocycles. The summed E-state index contributed by atoms with van der Waals surface area (Å²) in [6, 6.07) is 20.2. The third-order valence-corrected chi connectivity index (χ3v) is 5.51. The Labute approximate surface area is 192 Å². The number of fused-ring (bicyclic) bond motifs is 1. The van der Waals surface area contributed by atoms with Crippen molar-refractivity contribution in [3.63, 3.8) is 0 Å². The summed E-state index contributed by atoms with van der Waals surface area (Å²) in [5.41, 5.74) is 2.19. The molecule has 7 nitrogen and oxygen atoms in total. The second-order valence-electron chi connectivity index (χ2n) is 7.93. The van der Waals surface area contributed by atoms with Crippen molar-refractivity contribution in [3.05, 3.63) is 77.9 Å². The summed E-state index contributed by atoms with van der Waals surface area (Å²) < 4.78 is 27.9. The molecule has 0 aromatic heterocycles.